The second-order valence-corrected chi connectivity index (χ2v) is 16.5. The van der Waals surface area contributed by atoms with Crippen molar-refractivity contribution in [3.05, 3.63) is 255 Å². The summed E-state index contributed by atoms with van der Waals surface area (Å²) < 4.78 is 2.38. The number of hydrogen-bond donors (Lipinski definition) is 0. The number of para-hydroxylation sites is 3. The second kappa shape index (κ2) is 15.8. The monoisotopic (exact) mass is 814 g/mol. The van der Waals surface area contributed by atoms with Crippen LogP contribution < -0.4 is 4.90 Å². The Hall–Kier alpha value is -8.46. The molecule has 1 heterocycles. The lowest BCUT2D eigenvalue weighted by molar-refractivity contribution is 1.18. The zero-order chi connectivity index (χ0) is 42.4. The van der Waals surface area contributed by atoms with E-state index in [9.17, 15) is 0 Å². The summed E-state index contributed by atoms with van der Waals surface area (Å²) in [6.07, 6.45) is 0. The van der Waals surface area contributed by atoms with E-state index in [-0.39, 0.29) is 0 Å². The molecule has 0 aliphatic rings. The average molecular weight is 815 g/mol. The van der Waals surface area contributed by atoms with Gasteiger partial charge in [-0.3, -0.25) is 0 Å². The van der Waals surface area contributed by atoms with E-state index < -0.39 is 0 Å². The maximum atomic E-state index is 2.46. The topological polar surface area (TPSA) is 8.17 Å². The van der Waals surface area contributed by atoms with Gasteiger partial charge in [-0.25, -0.2) is 0 Å². The molecule has 0 unspecified atom stereocenters. The normalized spacial score (nSPS) is 11.4. The summed E-state index contributed by atoms with van der Waals surface area (Å²) in [5.74, 6) is 0. The largest absolute Gasteiger partial charge is 0.309 e. The Morgan fingerprint density at radius 2 is 0.844 bits per heavy atom. The third-order valence-electron chi connectivity index (χ3n) is 12.8. The number of nitrogens with zero attached hydrogens (tertiary/aromatic N) is 2. The van der Waals surface area contributed by atoms with Crippen molar-refractivity contribution < 1.29 is 0 Å². The second-order valence-electron chi connectivity index (χ2n) is 16.5. The first-order chi connectivity index (χ1) is 31.8. The Bertz CT molecular complexity index is 3640. The molecule has 0 radical (unpaired) electrons. The fourth-order valence-corrected chi connectivity index (χ4v) is 9.79. The van der Waals surface area contributed by atoms with Crippen LogP contribution in [0.1, 0.15) is 0 Å². The maximum absolute atomic E-state index is 2.46. The number of benzene rings is 11. The molecule has 11 aromatic carbocycles. The number of rotatable bonds is 8. The Morgan fingerprint density at radius 1 is 0.266 bits per heavy atom. The lowest BCUT2D eigenvalue weighted by atomic mass is 9.93. The van der Waals surface area contributed by atoms with E-state index in [0.717, 1.165) is 45.0 Å². The van der Waals surface area contributed by atoms with Crippen LogP contribution in [0.2, 0.25) is 0 Å². The quantitative estimate of drug-likeness (QED) is 0.139. The molecule has 12 rings (SSSR count). The van der Waals surface area contributed by atoms with Gasteiger partial charge in [0.2, 0.25) is 0 Å². The average Bonchev–Trinajstić information content (AvgIpc) is 3.71. The lowest BCUT2D eigenvalue weighted by Gasteiger charge is -2.30. The van der Waals surface area contributed by atoms with Gasteiger partial charge in [0.1, 0.15) is 0 Å². The molecule has 64 heavy (non-hydrogen) atoms. The molecule has 0 saturated carbocycles. The maximum Gasteiger partial charge on any atom is 0.0541 e. The van der Waals surface area contributed by atoms with Crippen LogP contribution in [0.5, 0.6) is 0 Å². The minimum absolute atomic E-state index is 1.08. The Morgan fingerprint density at radius 3 is 1.66 bits per heavy atom. The molecule has 2 heteroatoms. The van der Waals surface area contributed by atoms with Gasteiger partial charge in [-0.05, 0) is 116 Å². The van der Waals surface area contributed by atoms with Gasteiger partial charge in [-0.1, -0.05) is 194 Å². The molecule has 0 bridgehead atoms. The summed E-state index contributed by atoms with van der Waals surface area (Å²) in [6, 6.07) is 92.8. The highest BCUT2D eigenvalue weighted by molar-refractivity contribution is 6.13. The molecule has 1 aromatic heterocycles. The van der Waals surface area contributed by atoms with Gasteiger partial charge in [0.25, 0.3) is 0 Å². The van der Waals surface area contributed by atoms with Gasteiger partial charge in [-0.2, -0.15) is 0 Å². The van der Waals surface area contributed by atoms with Crippen LogP contribution in [0, 0.1) is 0 Å². The zero-order valence-electron chi connectivity index (χ0n) is 35.1. The summed E-state index contributed by atoms with van der Waals surface area (Å²) in [4.78, 5) is 2.46. The van der Waals surface area contributed by atoms with Crippen LogP contribution in [0.3, 0.4) is 0 Å². The van der Waals surface area contributed by atoms with E-state index >= 15 is 0 Å². The minimum atomic E-state index is 1.08. The van der Waals surface area contributed by atoms with Crippen LogP contribution in [0.4, 0.5) is 17.1 Å². The molecular formula is C62H42N2. The number of aromatic nitrogens is 1. The van der Waals surface area contributed by atoms with E-state index in [0.29, 0.717) is 0 Å². The minimum Gasteiger partial charge on any atom is -0.309 e. The summed E-state index contributed by atoms with van der Waals surface area (Å²) >= 11 is 0. The van der Waals surface area contributed by atoms with Crippen molar-refractivity contribution in [2.75, 3.05) is 4.90 Å². The first-order valence-corrected chi connectivity index (χ1v) is 22.0. The summed E-state index contributed by atoms with van der Waals surface area (Å²) in [6.45, 7) is 0. The molecule has 0 aliphatic carbocycles. The van der Waals surface area contributed by atoms with Crippen molar-refractivity contribution in [2.24, 2.45) is 0 Å². The van der Waals surface area contributed by atoms with Gasteiger partial charge in [0.15, 0.2) is 0 Å². The first-order valence-electron chi connectivity index (χ1n) is 22.0. The van der Waals surface area contributed by atoms with Crippen molar-refractivity contribution in [3.63, 3.8) is 0 Å². The Balaban J connectivity index is 1.06. The van der Waals surface area contributed by atoms with Gasteiger partial charge in [0, 0.05) is 33.3 Å². The molecule has 0 amide bonds. The molecule has 0 aliphatic heterocycles. The zero-order valence-corrected chi connectivity index (χ0v) is 35.1. The van der Waals surface area contributed by atoms with Crippen molar-refractivity contribution >= 4 is 60.4 Å². The third kappa shape index (κ3) is 6.44. The molecule has 0 spiro atoms. The number of fused-ring (bicyclic) bond motifs is 6. The predicted molar refractivity (Wildman–Crippen MR) is 272 cm³/mol. The van der Waals surface area contributed by atoms with Gasteiger partial charge >= 0.3 is 0 Å². The van der Waals surface area contributed by atoms with E-state index in [2.05, 4.69) is 264 Å². The van der Waals surface area contributed by atoms with E-state index in [4.69, 9.17) is 0 Å². The molecule has 300 valence electrons. The van der Waals surface area contributed by atoms with Gasteiger partial charge < -0.3 is 9.47 Å². The van der Waals surface area contributed by atoms with Crippen LogP contribution in [0.15, 0.2) is 255 Å². The van der Waals surface area contributed by atoms with Crippen LogP contribution in [0.25, 0.3) is 93.5 Å². The highest BCUT2D eigenvalue weighted by atomic mass is 15.1. The predicted octanol–water partition coefficient (Wildman–Crippen LogP) is 17.2. The highest BCUT2D eigenvalue weighted by Gasteiger charge is 2.23. The van der Waals surface area contributed by atoms with E-state index in [1.54, 1.807) is 0 Å². The Labute approximate surface area is 373 Å². The van der Waals surface area contributed by atoms with Crippen molar-refractivity contribution in [1.29, 1.82) is 0 Å². The van der Waals surface area contributed by atoms with Crippen molar-refractivity contribution in [3.8, 4) is 50.2 Å². The first kappa shape index (κ1) is 37.3. The fraction of sp³-hybridized carbons (Fsp3) is 0. The molecule has 0 N–H and O–H groups in total. The number of hydrogen-bond acceptors (Lipinski definition) is 1. The lowest BCUT2D eigenvalue weighted by Crippen LogP contribution is -2.12. The third-order valence-corrected chi connectivity index (χ3v) is 12.8. The van der Waals surface area contributed by atoms with E-state index in [1.807, 2.05) is 0 Å². The molecular weight excluding hydrogens is 773 g/mol. The fourth-order valence-electron chi connectivity index (χ4n) is 9.79. The molecule has 0 fully saturated rings. The van der Waals surface area contributed by atoms with E-state index in [1.165, 1.54) is 65.6 Å². The summed E-state index contributed by atoms with van der Waals surface area (Å²) in [5, 5.41) is 7.51. The van der Waals surface area contributed by atoms with Gasteiger partial charge in [-0.15, -0.1) is 0 Å². The Kier molecular flexibility index (Phi) is 9.20. The smallest absolute Gasteiger partial charge is 0.0541 e. The number of anilines is 3. The molecule has 0 atom stereocenters. The van der Waals surface area contributed by atoms with Crippen molar-refractivity contribution in [2.45, 2.75) is 0 Å². The SMILES string of the molecule is c1ccc(-c2ccc(N(c3ccc(-c4cccc5c4ccc4ccccc45)cc3)c3ccccc3-c3ccc4c(c3)c3ccccc3n4-c3ccccc3)c(-c3ccccc3)c2)cc1. The summed E-state index contributed by atoms with van der Waals surface area (Å²) in [5.41, 5.74) is 16.2. The van der Waals surface area contributed by atoms with Gasteiger partial charge in [0.05, 0.1) is 22.4 Å². The summed E-state index contributed by atoms with van der Waals surface area (Å²) in [7, 11) is 0. The molecule has 2 nitrogen and oxygen atoms in total. The standard InChI is InChI=1S/C62H42N2/c1-4-17-43(18-5-1)47-34-39-61(57(41-47)44-19-6-2-7-20-44)64(50-36-31-46(32-37-50)52-27-16-28-54-51-24-11-10-21-45(51)33-38-55(52)54)59-29-14-12-25-53(59)48-35-40-62-58(42-48)56-26-13-15-30-60(56)63(62)49-22-8-3-9-23-49/h1-42H. The van der Waals surface area contributed by atoms with Crippen LogP contribution in [-0.2, 0) is 0 Å². The van der Waals surface area contributed by atoms with Crippen molar-refractivity contribution in [1.82, 2.24) is 4.57 Å². The molecule has 12 aromatic rings. The van der Waals surface area contributed by atoms with Crippen LogP contribution >= 0.6 is 0 Å². The van der Waals surface area contributed by atoms with Crippen LogP contribution in [-0.4, -0.2) is 4.57 Å². The highest BCUT2D eigenvalue weighted by Crippen LogP contribution is 2.47. The molecule has 0 saturated heterocycles.